The first-order valence-corrected chi connectivity index (χ1v) is 6.01. The molecule has 1 N–H and O–H groups in total. The van der Waals surface area contributed by atoms with E-state index in [0.717, 1.165) is 6.54 Å². The molecule has 0 amide bonds. The van der Waals surface area contributed by atoms with Gasteiger partial charge in [0.2, 0.25) is 6.33 Å². The highest BCUT2D eigenvalue weighted by Crippen LogP contribution is 2.05. The van der Waals surface area contributed by atoms with Crippen LogP contribution in [0.5, 0.6) is 0 Å². The molecule has 1 heterocycles. The summed E-state index contributed by atoms with van der Waals surface area (Å²) in [6.45, 7) is 1.12. The minimum Gasteiger partial charge on any atom is -0.250 e. The van der Waals surface area contributed by atoms with Gasteiger partial charge in [0.15, 0.2) is 0 Å². The summed E-state index contributed by atoms with van der Waals surface area (Å²) in [6.07, 6.45) is 11.1. The summed E-state index contributed by atoms with van der Waals surface area (Å²) in [4.78, 5) is 3.06. The van der Waals surface area contributed by atoms with Crippen LogP contribution in [-0.2, 0) is 13.0 Å². The van der Waals surface area contributed by atoms with Crippen molar-refractivity contribution in [2.24, 2.45) is 0 Å². The maximum atomic E-state index is 3.06. The fourth-order valence-corrected chi connectivity index (χ4v) is 1.90. The smallest absolute Gasteiger partial charge is 0.241 e. The molecule has 1 aromatic carbocycles. The van der Waals surface area contributed by atoms with Gasteiger partial charge in [-0.15, -0.1) is 0 Å². The minimum atomic E-state index is 1.12. The molecule has 0 aliphatic rings. The van der Waals surface area contributed by atoms with Crippen molar-refractivity contribution in [3.05, 3.63) is 54.6 Å². The number of H-pyrrole nitrogens is 1. The van der Waals surface area contributed by atoms with Crippen molar-refractivity contribution in [1.29, 1.82) is 0 Å². The maximum Gasteiger partial charge on any atom is 0.241 e. The quantitative estimate of drug-likeness (QED) is 0.564. The van der Waals surface area contributed by atoms with E-state index in [-0.39, 0.29) is 0 Å². The Morgan fingerprint density at radius 2 is 1.88 bits per heavy atom. The molecule has 0 bridgehead atoms. The lowest BCUT2D eigenvalue weighted by Crippen LogP contribution is -2.30. The van der Waals surface area contributed by atoms with Gasteiger partial charge in [-0.25, -0.2) is 4.57 Å². The van der Waals surface area contributed by atoms with Gasteiger partial charge in [0.1, 0.15) is 12.4 Å². The third-order valence-corrected chi connectivity index (χ3v) is 2.83. The minimum absolute atomic E-state index is 1.12. The van der Waals surface area contributed by atoms with E-state index in [9.17, 15) is 0 Å². The molecule has 0 saturated heterocycles. The highest BCUT2D eigenvalue weighted by atomic mass is 15.0. The molecule has 0 aliphatic carbocycles. The standard InChI is InChI=1S/C14H18N2/c1-3-7-14(8-4-1)9-5-2-6-11-16-12-10-15-13-16/h1,3-4,7-8,10,12-13H,2,5-6,9,11H2/p+1. The number of benzene rings is 1. The van der Waals surface area contributed by atoms with Crippen molar-refractivity contribution < 1.29 is 4.57 Å². The number of hydrogen-bond acceptors (Lipinski definition) is 0. The SMILES string of the molecule is c1ccc(CCCCC[n+]2cc[nH]c2)cc1. The molecule has 2 nitrogen and oxygen atoms in total. The van der Waals surface area contributed by atoms with E-state index >= 15 is 0 Å². The Morgan fingerprint density at radius 3 is 2.62 bits per heavy atom. The molecule has 16 heavy (non-hydrogen) atoms. The van der Waals surface area contributed by atoms with E-state index in [1.807, 2.05) is 12.5 Å². The summed E-state index contributed by atoms with van der Waals surface area (Å²) in [5, 5.41) is 0. The molecule has 0 fully saturated rings. The number of aromatic amines is 1. The molecule has 2 heteroatoms. The molecule has 0 radical (unpaired) electrons. The molecular formula is C14H19N2+. The topological polar surface area (TPSA) is 19.7 Å². The highest BCUT2D eigenvalue weighted by Gasteiger charge is 1.97. The van der Waals surface area contributed by atoms with Crippen LogP contribution in [0.3, 0.4) is 0 Å². The van der Waals surface area contributed by atoms with Crippen molar-refractivity contribution in [2.75, 3.05) is 0 Å². The van der Waals surface area contributed by atoms with Gasteiger partial charge in [-0.3, -0.25) is 4.98 Å². The lowest BCUT2D eigenvalue weighted by atomic mass is 10.1. The van der Waals surface area contributed by atoms with Gasteiger partial charge < -0.3 is 0 Å². The number of aryl methyl sites for hydroxylation is 2. The zero-order valence-electron chi connectivity index (χ0n) is 9.60. The number of aromatic nitrogens is 2. The van der Waals surface area contributed by atoms with Crippen molar-refractivity contribution in [1.82, 2.24) is 4.98 Å². The lowest BCUT2D eigenvalue weighted by Gasteiger charge is -2.00. The van der Waals surface area contributed by atoms with Gasteiger partial charge in [0, 0.05) is 0 Å². The second-order valence-corrected chi connectivity index (χ2v) is 4.15. The van der Waals surface area contributed by atoms with Crippen molar-refractivity contribution in [2.45, 2.75) is 32.2 Å². The average molecular weight is 215 g/mol. The van der Waals surface area contributed by atoms with Crippen LogP contribution >= 0.6 is 0 Å². The fourth-order valence-electron chi connectivity index (χ4n) is 1.90. The van der Waals surface area contributed by atoms with E-state index < -0.39 is 0 Å². The molecule has 1 aromatic heterocycles. The predicted molar refractivity (Wildman–Crippen MR) is 65.0 cm³/mol. The molecule has 84 valence electrons. The molecule has 0 spiro atoms. The second kappa shape index (κ2) is 6.11. The molecule has 0 aliphatic heterocycles. The average Bonchev–Trinajstić information content (AvgIpc) is 2.83. The van der Waals surface area contributed by atoms with Crippen LogP contribution in [0.1, 0.15) is 24.8 Å². The monoisotopic (exact) mass is 215 g/mol. The van der Waals surface area contributed by atoms with E-state index in [2.05, 4.69) is 46.1 Å². The highest BCUT2D eigenvalue weighted by molar-refractivity contribution is 5.14. The van der Waals surface area contributed by atoms with Crippen LogP contribution in [0.2, 0.25) is 0 Å². The zero-order chi connectivity index (χ0) is 11.1. The summed E-state index contributed by atoms with van der Waals surface area (Å²) >= 11 is 0. The summed E-state index contributed by atoms with van der Waals surface area (Å²) in [5.41, 5.74) is 1.46. The van der Waals surface area contributed by atoms with Crippen LogP contribution in [0.15, 0.2) is 49.1 Å². The normalized spacial score (nSPS) is 10.5. The van der Waals surface area contributed by atoms with Gasteiger partial charge in [-0.2, -0.15) is 0 Å². The van der Waals surface area contributed by atoms with Gasteiger partial charge in [0.05, 0.1) is 6.54 Å². The van der Waals surface area contributed by atoms with Gasteiger partial charge in [-0.1, -0.05) is 30.3 Å². The predicted octanol–water partition coefficient (Wildman–Crippen LogP) is 2.72. The van der Waals surface area contributed by atoms with E-state index in [0.29, 0.717) is 0 Å². The first-order valence-electron chi connectivity index (χ1n) is 6.01. The van der Waals surface area contributed by atoms with Crippen molar-refractivity contribution >= 4 is 0 Å². The van der Waals surface area contributed by atoms with Crippen LogP contribution in [0.4, 0.5) is 0 Å². The summed E-state index contributed by atoms with van der Waals surface area (Å²) < 4.78 is 2.20. The van der Waals surface area contributed by atoms with E-state index in [1.165, 1.54) is 31.2 Å². The van der Waals surface area contributed by atoms with Gasteiger partial charge in [-0.05, 0) is 31.2 Å². The summed E-state index contributed by atoms with van der Waals surface area (Å²) in [7, 11) is 0. The molecule has 2 aromatic rings. The Kier molecular flexibility index (Phi) is 4.17. The van der Waals surface area contributed by atoms with Crippen LogP contribution in [0, 0.1) is 0 Å². The third kappa shape index (κ3) is 3.54. The number of rotatable bonds is 6. The van der Waals surface area contributed by atoms with Crippen LogP contribution in [0.25, 0.3) is 0 Å². The molecular weight excluding hydrogens is 196 g/mol. The van der Waals surface area contributed by atoms with Crippen LogP contribution in [-0.4, -0.2) is 4.98 Å². The Labute approximate surface area is 97.0 Å². The Bertz CT molecular complexity index is 378. The number of nitrogens with zero attached hydrogens (tertiary/aromatic N) is 1. The van der Waals surface area contributed by atoms with Gasteiger partial charge >= 0.3 is 0 Å². The Morgan fingerprint density at radius 1 is 1.00 bits per heavy atom. The van der Waals surface area contributed by atoms with E-state index in [4.69, 9.17) is 0 Å². The number of hydrogen-bond donors (Lipinski definition) is 1. The molecule has 0 atom stereocenters. The summed E-state index contributed by atoms with van der Waals surface area (Å²) in [5.74, 6) is 0. The van der Waals surface area contributed by atoms with Crippen LogP contribution < -0.4 is 4.57 Å². The van der Waals surface area contributed by atoms with Crippen molar-refractivity contribution in [3.8, 4) is 0 Å². The lowest BCUT2D eigenvalue weighted by molar-refractivity contribution is -0.696. The zero-order valence-corrected chi connectivity index (χ0v) is 9.60. The maximum absolute atomic E-state index is 3.06. The molecule has 2 rings (SSSR count). The first-order chi connectivity index (χ1) is 7.95. The largest absolute Gasteiger partial charge is 0.250 e. The first kappa shape index (κ1) is 10.9. The Balaban J connectivity index is 1.59. The van der Waals surface area contributed by atoms with E-state index in [1.54, 1.807) is 0 Å². The molecule has 0 unspecified atom stereocenters. The number of unbranched alkanes of at least 4 members (excludes halogenated alkanes) is 2. The van der Waals surface area contributed by atoms with Gasteiger partial charge in [0.25, 0.3) is 0 Å². The number of imidazole rings is 1. The second-order valence-electron chi connectivity index (χ2n) is 4.15. The fraction of sp³-hybridized carbons (Fsp3) is 0.357. The van der Waals surface area contributed by atoms with Crippen molar-refractivity contribution in [3.63, 3.8) is 0 Å². The Hall–Kier alpha value is -1.57. The summed E-state index contributed by atoms with van der Waals surface area (Å²) in [6, 6.07) is 10.7. The molecule has 0 saturated carbocycles. The number of nitrogens with one attached hydrogen (secondary N) is 1. The third-order valence-electron chi connectivity index (χ3n) is 2.83.